The van der Waals surface area contributed by atoms with E-state index < -0.39 is 4.92 Å². The number of benzene rings is 1. The lowest BCUT2D eigenvalue weighted by atomic mass is 9.49. The van der Waals surface area contributed by atoms with Crippen LogP contribution >= 0.6 is 11.6 Å². The van der Waals surface area contributed by atoms with E-state index in [1.807, 2.05) is 0 Å². The van der Waals surface area contributed by atoms with Crippen molar-refractivity contribution >= 4 is 23.2 Å². The van der Waals surface area contributed by atoms with Crippen molar-refractivity contribution in [1.82, 2.24) is 5.32 Å². The van der Waals surface area contributed by atoms with Crippen molar-refractivity contribution in [3.8, 4) is 0 Å². The number of nitro groups is 1. The summed E-state index contributed by atoms with van der Waals surface area (Å²) in [7, 11) is 0. The molecule has 1 aromatic rings. The van der Waals surface area contributed by atoms with E-state index in [9.17, 15) is 14.9 Å². The van der Waals surface area contributed by atoms with Crippen molar-refractivity contribution in [1.29, 1.82) is 0 Å². The van der Waals surface area contributed by atoms with E-state index >= 15 is 0 Å². The van der Waals surface area contributed by atoms with E-state index in [1.54, 1.807) is 0 Å². The van der Waals surface area contributed by atoms with E-state index in [2.05, 4.69) is 5.32 Å². The maximum Gasteiger partial charge on any atom is 0.283 e. The van der Waals surface area contributed by atoms with Gasteiger partial charge in [-0.05, 0) is 80.2 Å². The topological polar surface area (TPSA) is 72.2 Å². The molecule has 1 N–H and O–H groups in total. The van der Waals surface area contributed by atoms with Crippen molar-refractivity contribution < 1.29 is 9.72 Å². The maximum atomic E-state index is 12.4. The van der Waals surface area contributed by atoms with Gasteiger partial charge in [-0.3, -0.25) is 14.9 Å². The van der Waals surface area contributed by atoms with Crippen LogP contribution in [0.5, 0.6) is 0 Å². The molecule has 0 heterocycles. The zero-order valence-corrected chi connectivity index (χ0v) is 14.9. The molecular formula is C19H23ClN2O3. The first-order chi connectivity index (χ1) is 11.9. The first-order valence-electron chi connectivity index (χ1n) is 9.16. The molecule has 134 valence electrons. The predicted octanol–water partition coefficient (Wildman–Crippen LogP) is 4.58. The third-order valence-electron chi connectivity index (χ3n) is 6.51. The number of amides is 1. The second kappa shape index (κ2) is 6.27. The highest BCUT2D eigenvalue weighted by Gasteiger charge is 2.50. The lowest BCUT2D eigenvalue weighted by Crippen LogP contribution is -2.47. The number of nitrogens with one attached hydrogen (secondary N) is 1. The summed E-state index contributed by atoms with van der Waals surface area (Å²) in [6, 6.07) is 4.18. The third-order valence-corrected chi connectivity index (χ3v) is 6.74. The Morgan fingerprint density at radius 1 is 1.20 bits per heavy atom. The first-order valence-corrected chi connectivity index (χ1v) is 9.54. The number of nitrogens with zero attached hydrogens (tertiary/aromatic N) is 1. The molecule has 0 saturated heterocycles. The minimum atomic E-state index is -0.556. The Morgan fingerprint density at radius 2 is 1.80 bits per heavy atom. The Kier molecular flexibility index (Phi) is 4.22. The van der Waals surface area contributed by atoms with Crippen molar-refractivity contribution in [3.05, 3.63) is 38.9 Å². The largest absolute Gasteiger partial charge is 0.352 e. The van der Waals surface area contributed by atoms with Crippen LogP contribution in [-0.2, 0) is 0 Å². The summed E-state index contributed by atoms with van der Waals surface area (Å²) in [5, 5.41) is 14.3. The van der Waals surface area contributed by atoms with Gasteiger partial charge in [0.2, 0.25) is 0 Å². The third kappa shape index (κ3) is 3.26. The molecule has 4 bridgehead atoms. The summed E-state index contributed by atoms with van der Waals surface area (Å²) in [6.45, 7) is 0.588. The second-order valence-corrected chi connectivity index (χ2v) is 8.78. The summed E-state index contributed by atoms with van der Waals surface area (Å²) in [6.07, 6.45) is 9.11. The van der Waals surface area contributed by atoms with E-state index in [0.29, 0.717) is 12.0 Å². The second-order valence-electron chi connectivity index (χ2n) is 8.34. The van der Waals surface area contributed by atoms with Gasteiger partial charge >= 0.3 is 0 Å². The summed E-state index contributed by atoms with van der Waals surface area (Å²) >= 11 is 5.81. The van der Waals surface area contributed by atoms with Crippen LogP contribution in [0, 0.1) is 33.3 Å². The van der Waals surface area contributed by atoms with E-state index in [-0.39, 0.29) is 22.2 Å². The van der Waals surface area contributed by atoms with Crippen LogP contribution in [0.4, 0.5) is 5.69 Å². The molecule has 4 fully saturated rings. The monoisotopic (exact) mass is 362 g/mol. The summed E-state index contributed by atoms with van der Waals surface area (Å²) in [5.41, 5.74) is 0.244. The van der Waals surface area contributed by atoms with Crippen molar-refractivity contribution in [2.24, 2.45) is 23.2 Å². The molecule has 4 saturated carbocycles. The fourth-order valence-electron chi connectivity index (χ4n) is 5.98. The number of halogens is 1. The normalized spacial score (nSPS) is 32.6. The number of carbonyl (C=O) groups is 1. The van der Waals surface area contributed by atoms with Gasteiger partial charge in [0.15, 0.2) is 0 Å². The van der Waals surface area contributed by atoms with E-state index in [0.717, 1.165) is 24.2 Å². The Bertz CT molecular complexity index is 683. The minimum Gasteiger partial charge on any atom is -0.352 e. The minimum absolute atomic E-state index is 0.0833. The number of nitro benzene ring substituents is 1. The average molecular weight is 363 g/mol. The first kappa shape index (κ1) is 16.8. The predicted molar refractivity (Wildman–Crippen MR) is 95.7 cm³/mol. The number of carbonyl (C=O) groups excluding carboxylic acids is 1. The molecule has 0 radical (unpaired) electrons. The lowest BCUT2D eigenvalue weighted by Gasteiger charge is -2.57. The highest BCUT2D eigenvalue weighted by atomic mass is 35.5. The smallest absolute Gasteiger partial charge is 0.283 e. The standard InChI is InChI=1S/C19H23ClN2O3/c20-15-1-2-16(17(8-15)22(24)25)18(23)21-4-3-19-9-12-5-13(10-19)7-14(6-12)11-19/h1-2,8,12-14H,3-7,9-11H2,(H,21,23). The van der Waals surface area contributed by atoms with Gasteiger partial charge in [-0.15, -0.1) is 0 Å². The number of hydrogen-bond acceptors (Lipinski definition) is 3. The summed E-state index contributed by atoms with van der Waals surface area (Å²) < 4.78 is 0. The van der Waals surface area contributed by atoms with Gasteiger partial charge in [0.1, 0.15) is 5.56 Å². The molecule has 0 aromatic heterocycles. The van der Waals surface area contributed by atoms with Gasteiger partial charge in [-0.2, -0.15) is 0 Å². The summed E-state index contributed by atoms with van der Waals surface area (Å²) in [4.78, 5) is 23.0. The fraction of sp³-hybridized carbons (Fsp3) is 0.632. The van der Waals surface area contributed by atoms with Gasteiger partial charge in [0, 0.05) is 17.6 Å². The van der Waals surface area contributed by atoms with E-state index in [1.165, 1.54) is 56.7 Å². The van der Waals surface area contributed by atoms with Crippen LogP contribution in [0.3, 0.4) is 0 Å². The Hall–Kier alpha value is -1.62. The molecule has 4 aliphatic rings. The molecule has 0 aliphatic heterocycles. The molecule has 0 atom stereocenters. The van der Waals surface area contributed by atoms with Crippen molar-refractivity contribution in [3.63, 3.8) is 0 Å². The molecule has 6 heteroatoms. The van der Waals surface area contributed by atoms with Crippen LogP contribution < -0.4 is 5.32 Å². The molecule has 5 rings (SSSR count). The molecule has 25 heavy (non-hydrogen) atoms. The van der Waals surface area contributed by atoms with Crippen LogP contribution in [0.25, 0.3) is 0 Å². The number of rotatable bonds is 5. The van der Waals surface area contributed by atoms with Crippen LogP contribution in [0.1, 0.15) is 55.3 Å². The summed E-state index contributed by atoms with van der Waals surface area (Å²) in [5.74, 6) is 2.28. The SMILES string of the molecule is O=C(NCCC12CC3CC(CC(C3)C1)C2)c1ccc(Cl)cc1[N+](=O)[O-]. The Morgan fingerprint density at radius 3 is 2.36 bits per heavy atom. The zero-order valence-electron chi connectivity index (χ0n) is 14.2. The number of hydrogen-bond donors (Lipinski definition) is 1. The van der Waals surface area contributed by atoms with Gasteiger partial charge in [-0.1, -0.05) is 11.6 Å². The van der Waals surface area contributed by atoms with E-state index in [4.69, 9.17) is 11.6 Å². The van der Waals surface area contributed by atoms with Gasteiger partial charge in [0.05, 0.1) is 4.92 Å². The highest BCUT2D eigenvalue weighted by molar-refractivity contribution is 6.31. The Labute approximate surface area is 152 Å². The maximum absolute atomic E-state index is 12.4. The molecule has 0 unspecified atom stereocenters. The van der Waals surface area contributed by atoms with Crippen LogP contribution in [0.15, 0.2) is 18.2 Å². The quantitative estimate of drug-likeness (QED) is 0.615. The van der Waals surface area contributed by atoms with Crippen molar-refractivity contribution in [2.45, 2.75) is 44.9 Å². The lowest BCUT2D eigenvalue weighted by molar-refractivity contribution is -0.385. The zero-order chi connectivity index (χ0) is 17.6. The molecule has 4 aliphatic carbocycles. The van der Waals surface area contributed by atoms with Gasteiger partial charge < -0.3 is 5.32 Å². The van der Waals surface area contributed by atoms with Gasteiger partial charge in [-0.25, -0.2) is 0 Å². The molecular weight excluding hydrogens is 340 g/mol. The molecule has 5 nitrogen and oxygen atoms in total. The van der Waals surface area contributed by atoms with Crippen LogP contribution in [-0.4, -0.2) is 17.4 Å². The fourth-order valence-corrected chi connectivity index (χ4v) is 6.15. The molecule has 1 aromatic carbocycles. The van der Waals surface area contributed by atoms with Gasteiger partial charge in [0.25, 0.3) is 11.6 Å². The Balaban J connectivity index is 1.39. The molecule has 1 amide bonds. The highest BCUT2D eigenvalue weighted by Crippen LogP contribution is 2.61. The average Bonchev–Trinajstić information content (AvgIpc) is 2.53. The molecule has 0 spiro atoms. The van der Waals surface area contributed by atoms with Crippen molar-refractivity contribution in [2.75, 3.05) is 6.54 Å². The van der Waals surface area contributed by atoms with Crippen LogP contribution in [0.2, 0.25) is 5.02 Å².